The van der Waals surface area contributed by atoms with Gasteiger partial charge in [0.25, 0.3) is 0 Å². The summed E-state index contributed by atoms with van der Waals surface area (Å²) in [7, 11) is 0. The maximum atomic E-state index is 5.94. The molecule has 1 aromatic rings. The van der Waals surface area contributed by atoms with Gasteiger partial charge in [-0.3, -0.25) is 9.89 Å². The number of hydrogen-bond donors (Lipinski definition) is 2. The lowest BCUT2D eigenvalue weighted by Crippen LogP contribution is -2.50. The molecule has 1 saturated heterocycles. The highest BCUT2D eigenvalue weighted by Crippen LogP contribution is 2.07. The summed E-state index contributed by atoms with van der Waals surface area (Å²) in [6.07, 6.45) is 0. The highest BCUT2D eigenvalue weighted by atomic mass is 15.3. The molecule has 0 aliphatic carbocycles. The number of nitrogens with one attached hydrogen (secondary N) is 1. The van der Waals surface area contributed by atoms with Crippen molar-refractivity contribution in [1.29, 1.82) is 0 Å². The van der Waals surface area contributed by atoms with Gasteiger partial charge in [-0.25, -0.2) is 0 Å². The lowest BCUT2D eigenvalue weighted by atomic mass is 10.2. The van der Waals surface area contributed by atoms with Gasteiger partial charge in [-0.1, -0.05) is 25.1 Å². The standard InChI is InChI=1S/C16H27N5/c1-3-20-9-11-21(12-10-20)14(2)13-18-16(17)19-15-7-5-4-6-8-15/h4-8,14H,3,9-13H2,1-2H3,(H3,17,18,19). The summed E-state index contributed by atoms with van der Waals surface area (Å²) in [4.78, 5) is 9.44. The summed E-state index contributed by atoms with van der Waals surface area (Å²) in [6, 6.07) is 10.3. The van der Waals surface area contributed by atoms with Crippen LogP contribution in [0, 0.1) is 0 Å². The summed E-state index contributed by atoms with van der Waals surface area (Å²) in [5, 5.41) is 3.12. The third kappa shape index (κ3) is 5.02. The largest absolute Gasteiger partial charge is 0.370 e. The molecule has 0 saturated carbocycles. The minimum absolute atomic E-state index is 0.431. The highest BCUT2D eigenvalue weighted by Gasteiger charge is 2.19. The Morgan fingerprint density at radius 2 is 1.90 bits per heavy atom. The Hall–Kier alpha value is -1.59. The molecule has 1 atom stereocenters. The first kappa shape index (κ1) is 15.8. The second-order valence-corrected chi connectivity index (χ2v) is 5.54. The molecular weight excluding hydrogens is 262 g/mol. The fourth-order valence-corrected chi connectivity index (χ4v) is 2.58. The van der Waals surface area contributed by atoms with Crippen LogP contribution in [0.3, 0.4) is 0 Å². The lowest BCUT2D eigenvalue weighted by Gasteiger charge is -2.37. The minimum atomic E-state index is 0.431. The van der Waals surface area contributed by atoms with Crippen LogP contribution in [0.4, 0.5) is 5.69 Å². The maximum Gasteiger partial charge on any atom is 0.193 e. The van der Waals surface area contributed by atoms with E-state index in [1.807, 2.05) is 30.3 Å². The van der Waals surface area contributed by atoms with Crippen LogP contribution >= 0.6 is 0 Å². The van der Waals surface area contributed by atoms with E-state index in [9.17, 15) is 0 Å². The van der Waals surface area contributed by atoms with E-state index in [0.29, 0.717) is 12.0 Å². The minimum Gasteiger partial charge on any atom is -0.370 e. The normalized spacial score (nSPS) is 19.4. The number of piperazine rings is 1. The van der Waals surface area contributed by atoms with E-state index >= 15 is 0 Å². The smallest absolute Gasteiger partial charge is 0.193 e. The number of guanidine groups is 1. The van der Waals surface area contributed by atoms with Gasteiger partial charge in [0.15, 0.2) is 5.96 Å². The van der Waals surface area contributed by atoms with Crippen molar-refractivity contribution in [2.45, 2.75) is 19.9 Å². The van der Waals surface area contributed by atoms with E-state index in [0.717, 1.165) is 45.0 Å². The molecule has 0 bridgehead atoms. The Labute approximate surface area is 127 Å². The first-order valence-corrected chi connectivity index (χ1v) is 7.77. The quantitative estimate of drug-likeness (QED) is 0.636. The SMILES string of the molecule is CCN1CCN(C(C)CN=C(N)Nc2ccccc2)CC1. The molecule has 1 aliphatic heterocycles. The van der Waals surface area contributed by atoms with Crippen LogP contribution in [0.5, 0.6) is 0 Å². The molecule has 0 aromatic heterocycles. The zero-order valence-corrected chi connectivity index (χ0v) is 13.1. The summed E-state index contributed by atoms with van der Waals surface area (Å²) in [5.41, 5.74) is 6.91. The molecule has 1 aromatic carbocycles. The van der Waals surface area contributed by atoms with E-state index < -0.39 is 0 Å². The van der Waals surface area contributed by atoms with Gasteiger partial charge in [0.2, 0.25) is 0 Å². The van der Waals surface area contributed by atoms with Gasteiger partial charge in [0, 0.05) is 37.9 Å². The summed E-state index contributed by atoms with van der Waals surface area (Å²) in [6.45, 7) is 10.9. The predicted molar refractivity (Wildman–Crippen MR) is 89.7 cm³/mol. The number of likely N-dealkylation sites (N-methyl/N-ethyl adjacent to an activating group) is 1. The molecule has 0 radical (unpaired) electrons. The van der Waals surface area contributed by atoms with Gasteiger partial charge in [-0.2, -0.15) is 0 Å². The molecule has 0 spiro atoms. The third-order valence-electron chi connectivity index (χ3n) is 4.05. The van der Waals surface area contributed by atoms with Gasteiger partial charge in [-0.05, 0) is 25.6 Å². The van der Waals surface area contributed by atoms with E-state index in [1.165, 1.54) is 0 Å². The summed E-state index contributed by atoms with van der Waals surface area (Å²) < 4.78 is 0. The average Bonchev–Trinajstić information content (AvgIpc) is 2.53. The van der Waals surface area contributed by atoms with Crippen LogP contribution in [-0.4, -0.2) is 61.1 Å². The van der Waals surface area contributed by atoms with Gasteiger partial charge < -0.3 is 16.0 Å². The second-order valence-electron chi connectivity index (χ2n) is 5.54. The molecule has 116 valence electrons. The van der Waals surface area contributed by atoms with Gasteiger partial charge in [-0.15, -0.1) is 0 Å². The van der Waals surface area contributed by atoms with Crippen molar-refractivity contribution in [3.63, 3.8) is 0 Å². The fraction of sp³-hybridized carbons (Fsp3) is 0.562. The number of anilines is 1. The zero-order chi connectivity index (χ0) is 15.1. The number of aliphatic imine (C=N–C) groups is 1. The van der Waals surface area contributed by atoms with Crippen LogP contribution in [0.2, 0.25) is 0 Å². The molecular formula is C16H27N5. The Balaban J connectivity index is 1.77. The van der Waals surface area contributed by atoms with Crippen LogP contribution < -0.4 is 11.1 Å². The van der Waals surface area contributed by atoms with Gasteiger partial charge >= 0.3 is 0 Å². The molecule has 1 heterocycles. The van der Waals surface area contributed by atoms with Crippen molar-refractivity contribution >= 4 is 11.6 Å². The van der Waals surface area contributed by atoms with E-state index in [-0.39, 0.29) is 0 Å². The van der Waals surface area contributed by atoms with Crippen LogP contribution in [0.1, 0.15) is 13.8 Å². The summed E-state index contributed by atoms with van der Waals surface area (Å²) >= 11 is 0. The van der Waals surface area contributed by atoms with Crippen molar-refractivity contribution in [2.24, 2.45) is 10.7 Å². The molecule has 0 amide bonds. The number of benzene rings is 1. The van der Waals surface area contributed by atoms with Crippen LogP contribution in [-0.2, 0) is 0 Å². The monoisotopic (exact) mass is 289 g/mol. The number of hydrogen-bond acceptors (Lipinski definition) is 3. The van der Waals surface area contributed by atoms with E-state index in [4.69, 9.17) is 5.73 Å². The van der Waals surface area contributed by atoms with Crippen molar-refractivity contribution in [2.75, 3.05) is 44.6 Å². The Morgan fingerprint density at radius 3 is 2.52 bits per heavy atom. The Morgan fingerprint density at radius 1 is 1.24 bits per heavy atom. The maximum absolute atomic E-state index is 5.94. The zero-order valence-electron chi connectivity index (χ0n) is 13.1. The first-order chi connectivity index (χ1) is 10.2. The number of nitrogens with two attached hydrogens (primary N) is 1. The second kappa shape index (κ2) is 8.00. The van der Waals surface area contributed by atoms with Gasteiger partial charge in [0.05, 0.1) is 6.54 Å². The molecule has 5 nitrogen and oxygen atoms in total. The first-order valence-electron chi connectivity index (χ1n) is 7.77. The number of para-hydroxylation sites is 1. The topological polar surface area (TPSA) is 56.9 Å². The van der Waals surface area contributed by atoms with Crippen molar-refractivity contribution in [3.8, 4) is 0 Å². The molecule has 1 fully saturated rings. The number of nitrogens with zero attached hydrogens (tertiary/aromatic N) is 3. The predicted octanol–water partition coefficient (Wildman–Crippen LogP) is 1.44. The summed E-state index contributed by atoms with van der Waals surface area (Å²) in [5.74, 6) is 0.486. The van der Waals surface area contributed by atoms with E-state index in [1.54, 1.807) is 0 Å². The van der Waals surface area contributed by atoms with Crippen molar-refractivity contribution in [1.82, 2.24) is 9.80 Å². The highest BCUT2D eigenvalue weighted by molar-refractivity contribution is 5.92. The molecule has 5 heteroatoms. The Bertz CT molecular complexity index is 437. The molecule has 3 N–H and O–H groups in total. The molecule has 1 aliphatic rings. The number of rotatable bonds is 5. The van der Waals surface area contributed by atoms with Crippen LogP contribution in [0.25, 0.3) is 0 Å². The average molecular weight is 289 g/mol. The molecule has 21 heavy (non-hydrogen) atoms. The van der Waals surface area contributed by atoms with Crippen molar-refractivity contribution in [3.05, 3.63) is 30.3 Å². The lowest BCUT2D eigenvalue weighted by molar-refractivity contribution is 0.109. The third-order valence-corrected chi connectivity index (χ3v) is 4.05. The van der Waals surface area contributed by atoms with Gasteiger partial charge in [0.1, 0.15) is 0 Å². The Kier molecular flexibility index (Phi) is 6.02. The molecule has 2 rings (SSSR count). The van der Waals surface area contributed by atoms with Crippen LogP contribution in [0.15, 0.2) is 35.3 Å². The molecule has 1 unspecified atom stereocenters. The van der Waals surface area contributed by atoms with Crippen molar-refractivity contribution < 1.29 is 0 Å². The fourth-order valence-electron chi connectivity index (χ4n) is 2.58. The van der Waals surface area contributed by atoms with E-state index in [2.05, 4.69) is 34.0 Å².